The molecule has 8 nitrogen and oxygen atoms in total. The Labute approximate surface area is 223 Å². The highest BCUT2D eigenvalue weighted by molar-refractivity contribution is 6.01. The van der Waals surface area contributed by atoms with Crippen molar-refractivity contribution in [2.24, 2.45) is 0 Å². The van der Waals surface area contributed by atoms with Gasteiger partial charge in [-0.05, 0) is 73.7 Å². The highest BCUT2D eigenvalue weighted by Crippen LogP contribution is 2.27. The van der Waals surface area contributed by atoms with Gasteiger partial charge in [-0.25, -0.2) is 9.59 Å². The van der Waals surface area contributed by atoms with Crippen LogP contribution in [0.25, 0.3) is 0 Å². The van der Waals surface area contributed by atoms with E-state index < -0.39 is 0 Å². The van der Waals surface area contributed by atoms with Gasteiger partial charge in [0.15, 0.2) is 0 Å². The van der Waals surface area contributed by atoms with Crippen LogP contribution in [0.4, 0.5) is 16.2 Å². The quantitative estimate of drug-likeness (QED) is 0.313. The highest BCUT2D eigenvalue weighted by Gasteiger charge is 2.14. The van der Waals surface area contributed by atoms with Gasteiger partial charge in [0, 0.05) is 25.7 Å². The molecule has 0 aliphatic rings. The summed E-state index contributed by atoms with van der Waals surface area (Å²) < 4.78 is 10.5. The number of para-hydroxylation sites is 1. The molecule has 3 rings (SSSR count). The van der Waals surface area contributed by atoms with Crippen LogP contribution in [-0.4, -0.2) is 43.1 Å². The summed E-state index contributed by atoms with van der Waals surface area (Å²) in [6.07, 6.45) is 1.54. The Hall–Kier alpha value is -4.33. The number of hydrogen-bond donors (Lipinski definition) is 2. The predicted molar refractivity (Wildman–Crippen MR) is 149 cm³/mol. The van der Waals surface area contributed by atoms with Crippen molar-refractivity contribution in [1.82, 2.24) is 4.90 Å². The van der Waals surface area contributed by atoms with Crippen molar-refractivity contribution in [2.45, 2.75) is 40.2 Å². The fourth-order valence-corrected chi connectivity index (χ4v) is 3.99. The minimum atomic E-state index is -0.369. The molecular formula is C30H35N3O5. The van der Waals surface area contributed by atoms with E-state index in [9.17, 15) is 14.4 Å². The maximum Gasteiger partial charge on any atom is 0.338 e. The Morgan fingerprint density at radius 3 is 2.24 bits per heavy atom. The van der Waals surface area contributed by atoms with E-state index in [4.69, 9.17) is 9.47 Å². The van der Waals surface area contributed by atoms with Crippen molar-refractivity contribution >= 4 is 29.3 Å². The number of methoxy groups -OCH3 is 1. The molecule has 3 aromatic rings. The lowest BCUT2D eigenvalue weighted by Crippen LogP contribution is -2.29. The van der Waals surface area contributed by atoms with Crippen LogP contribution in [0.1, 0.15) is 47.3 Å². The molecular weight excluding hydrogens is 482 g/mol. The summed E-state index contributed by atoms with van der Waals surface area (Å²) in [6, 6.07) is 20.0. The van der Waals surface area contributed by atoms with E-state index in [0.717, 1.165) is 35.2 Å². The Bertz CT molecular complexity index is 1260. The summed E-state index contributed by atoms with van der Waals surface area (Å²) in [5, 5.41) is 5.67. The van der Waals surface area contributed by atoms with Gasteiger partial charge in [0.05, 0.1) is 25.0 Å². The zero-order valence-electron chi connectivity index (χ0n) is 22.4. The molecule has 2 N–H and O–H groups in total. The normalized spacial score (nSPS) is 10.4. The molecule has 0 fully saturated rings. The highest BCUT2D eigenvalue weighted by atomic mass is 16.5. The van der Waals surface area contributed by atoms with E-state index in [0.29, 0.717) is 36.7 Å². The number of carbonyl (C=O) groups is 3. The lowest BCUT2D eigenvalue weighted by molar-refractivity contribution is -0.129. The first-order valence-electron chi connectivity index (χ1n) is 12.6. The number of hydrogen-bond acceptors (Lipinski definition) is 5. The smallest absolute Gasteiger partial charge is 0.338 e. The van der Waals surface area contributed by atoms with Gasteiger partial charge in [0.2, 0.25) is 5.91 Å². The standard InChI is InChI=1S/C30H35N3O5/c1-5-38-29(35)25-15-12-23(13-16-25)10-8-18-33(22(3)34)20-24-14-17-27(28(19-24)37-4)32-30(36)31-26-11-7-6-9-21(26)2/h6-7,9,11-17,19H,5,8,10,18,20H2,1-4H3,(H2,31,32,36). The van der Waals surface area contributed by atoms with Crippen molar-refractivity contribution in [2.75, 3.05) is 30.9 Å². The third kappa shape index (κ3) is 8.09. The maximum atomic E-state index is 12.5. The summed E-state index contributed by atoms with van der Waals surface area (Å²) >= 11 is 0. The van der Waals surface area contributed by atoms with Gasteiger partial charge in [0.25, 0.3) is 0 Å². The topological polar surface area (TPSA) is 97.0 Å². The average molecular weight is 518 g/mol. The van der Waals surface area contributed by atoms with E-state index in [-0.39, 0.29) is 17.9 Å². The van der Waals surface area contributed by atoms with E-state index in [1.54, 1.807) is 44.1 Å². The lowest BCUT2D eigenvalue weighted by atomic mass is 10.1. The van der Waals surface area contributed by atoms with Gasteiger partial charge in [0.1, 0.15) is 5.75 Å². The van der Waals surface area contributed by atoms with Crippen LogP contribution in [0.2, 0.25) is 0 Å². The van der Waals surface area contributed by atoms with E-state index >= 15 is 0 Å². The van der Waals surface area contributed by atoms with Crippen LogP contribution in [0.3, 0.4) is 0 Å². The number of nitrogens with zero attached hydrogens (tertiary/aromatic N) is 1. The zero-order chi connectivity index (χ0) is 27.5. The Kier molecular flexibility index (Phi) is 10.3. The Balaban J connectivity index is 1.57. The van der Waals surface area contributed by atoms with Crippen molar-refractivity contribution in [3.63, 3.8) is 0 Å². The molecule has 0 aliphatic heterocycles. The van der Waals surface area contributed by atoms with Gasteiger partial charge < -0.3 is 25.0 Å². The van der Waals surface area contributed by atoms with Crippen LogP contribution in [-0.2, 0) is 22.5 Å². The second-order valence-corrected chi connectivity index (χ2v) is 8.89. The second-order valence-electron chi connectivity index (χ2n) is 8.89. The number of benzene rings is 3. The summed E-state index contributed by atoms with van der Waals surface area (Å²) in [5.74, 6) is 0.152. The maximum absolute atomic E-state index is 12.5. The summed E-state index contributed by atoms with van der Waals surface area (Å²) in [6.45, 7) is 6.60. The number of aryl methyl sites for hydroxylation is 2. The third-order valence-electron chi connectivity index (χ3n) is 6.08. The number of nitrogens with one attached hydrogen (secondary N) is 2. The minimum Gasteiger partial charge on any atom is -0.495 e. The number of carbonyl (C=O) groups excluding carboxylic acids is 3. The molecule has 0 spiro atoms. The van der Waals surface area contributed by atoms with E-state index in [1.165, 1.54) is 0 Å². The molecule has 0 saturated carbocycles. The number of anilines is 2. The SMILES string of the molecule is CCOC(=O)c1ccc(CCCN(Cc2ccc(NC(=O)Nc3ccccc3C)c(OC)c2)C(C)=O)cc1. The van der Waals surface area contributed by atoms with Crippen LogP contribution in [0.5, 0.6) is 5.75 Å². The number of esters is 1. The molecule has 0 saturated heterocycles. The van der Waals surface area contributed by atoms with Crippen molar-refractivity contribution in [3.8, 4) is 5.75 Å². The van der Waals surface area contributed by atoms with Crippen LogP contribution in [0.15, 0.2) is 66.7 Å². The Morgan fingerprint density at radius 1 is 0.895 bits per heavy atom. The van der Waals surface area contributed by atoms with Crippen LogP contribution in [0, 0.1) is 6.92 Å². The molecule has 0 aliphatic carbocycles. The average Bonchev–Trinajstić information content (AvgIpc) is 2.90. The lowest BCUT2D eigenvalue weighted by Gasteiger charge is -2.22. The first-order chi connectivity index (χ1) is 18.3. The number of amides is 3. The van der Waals surface area contributed by atoms with E-state index in [2.05, 4.69) is 10.6 Å². The fourth-order valence-electron chi connectivity index (χ4n) is 3.99. The molecule has 3 amide bonds. The van der Waals surface area contributed by atoms with Crippen LogP contribution >= 0.6 is 0 Å². The zero-order valence-corrected chi connectivity index (χ0v) is 22.4. The number of ether oxygens (including phenoxy) is 2. The van der Waals surface area contributed by atoms with Crippen molar-refractivity contribution in [1.29, 1.82) is 0 Å². The molecule has 0 unspecified atom stereocenters. The fraction of sp³-hybridized carbons (Fsp3) is 0.300. The molecule has 8 heteroatoms. The molecule has 0 radical (unpaired) electrons. The molecule has 0 bridgehead atoms. The molecule has 0 aromatic heterocycles. The van der Waals surface area contributed by atoms with Crippen LogP contribution < -0.4 is 15.4 Å². The molecule has 200 valence electrons. The monoisotopic (exact) mass is 517 g/mol. The molecule has 0 heterocycles. The second kappa shape index (κ2) is 13.8. The summed E-state index contributed by atoms with van der Waals surface area (Å²) in [4.78, 5) is 38.4. The van der Waals surface area contributed by atoms with Crippen molar-refractivity contribution in [3.05, 3.63) is 89.0 Å². The number of urea groups is 1. The summed E-state index contributed by atoms with van der Waals surface area (Å²) in [5.41, 5.74) is 4.72. The van der Waals surface area contributed by atoms with Gasteiger partial charge in [-0.15, -0.1) is 0 Å². The Morgan fingerprint density at radius 2 is 1.58 bits per heavy atom. The molecule has 0 atom stereocenters. The summed E-state index contributed by atoms with van der Waals surface area (Å²) in [7, 11) is 1.54. The van der Waals surface area contributed by atoms with Gasteiger partial charge in [-0.1, -0.05) is 36.4 Å². The number of rotatable bonds is 11. The van der Waals surface area contributed by atoms with Gasteiger partial charge >= 0.3 is 12.0 Å². The first kappa shape index (κ1) is 28.2. The third-order valence-corrected chi connectivity index (χ3v) is 6.08. The molecule has 38 heavy (non-hydrogen) atoms. The first-order valence-corrected chi connectivity index (χ1v) is 12.6. The van der Waals surface area contributed by atoms with Crippen molar-refractivity contribution < 1.29 is 23.9 Å². The van der Waals surface area contributed by atoms with E-state index in [1.807, 2.05) is 55.5 Å². The van der Waals surface area contributed by atoms with Gasteiger partial charge in [-0.3, -0.25) is 4.79 Å². The predicted octanol–water partition coefficient (Wildman–Crippen LogP) is 5.81. The minimum absolute atomic E-state index is 0.0264. The largest absolute Gasteiger partial charge is 0.495 e. The van der Waals surface area contributed by atoms with Gasteiger partial charge in [-0.2, -0.15) is 0 Å². The molecule has 3 aromatic carbocycles.